The highest BCUT2D eigenvalue weighted by molar-refractivity contribution is 7.09. The fraction of sp³-hybridized carbons (Fsp3) is 0.333. The predicted molar refractivity (Wildman–Crippen MR) is 82.2 cm³/mol. The van der Waals surface area contributed by atoms with Gasteiger partial charge in [0.15, 0.2) is 0 Å². The first kappa shape index (κ1) is 14.0. The zero-order chi connectivity index (χ0) is 14.8. The molecule has 0 spiro atoms. The Morgan fingerprint density at radius 2 is 2.29 bits per heavy atom. The maximum Gasteiger partial charge on any atom is 0.133 e. The molecule has 3 aromatic heterocycles. The molecule has 0 aliphatic rings. The summed E-state index contributed by atoms with van der Waals surface area (Å²) in [6.45, 7) is 4.12. The molecule has 1 N–H and O–H groups in total. The lowest BCUT2D eigenvalue weighted by Gasteiger charge is -2.20. The van der Waals surface area contributed by atoms with Gasteiger partial charge in [-0.25, -0.2) is 9.97 Å². The molecule has 21 heavy (non-hydrogen) atoms. The van der Waals surface area contributed by atoms with Crippen LogP contribution in [0.2, 0.25) is 0 Å². The Labute approximate surface area is 127 Å². The van der Waals surface area contributed by atoms with Crippen molar-refractivity contribution >= 4 is 11.3 Å². The van der Waals surface area contributed by atoms with Crippen LogP contribution in [0.25, 0.3) is 0 Å². The lowest BCUT2D eigenvalue weighted by atomic mass is 10.1. The fourth-order valence-electron chi connectivity index (χ4n) is 2.29. The standard InChI is InChI=1S/C15H18N4OS/c1-10-9-21-15(17-10)11(2)18-13(12-5-4-8-20-12)14-16-6-7-19(14)3/h4-9,11,13,18H,1-3H3. The maximum absolute atomic E-state index is 5.58. The second-order valence-corrected chi connectivity index (χ2v) is 5.95. The van der Waals surface area contributed by atoms with E-state index in [-0.39, 0.29) is 12.1 Å². The van der Waals surface area contributed by atoms with Crippen molar-refractivity contribution in [2.75, 3.05) is 0 Å². The molecule has 2 atom stereocenters. The SMILES string of the molecule is Cc1csc(C(C)NC(c2ccco2)c2nccn2C)n1. The van der Waals surface area contributed by atoms with Gasteiger partial charge in [-0.05, 0) is 26.0 Å². The van der Waals surface area contributed by atoms with E-state index in [4.69, 9.17) is 4.42 Å². The molecular weight excluding hydrogens is 284 g/mol. The summed E-state index contributed by atoms with van der Waals surface area (Å²) in [4.78, 5) is 8.99. The topological polar surface area (TPSA) is 55.9 Å². The van der Waals surface area contributed by atoms with Gasteiger partial charge in [0, 0.05) is 30.5 Å². The van der Waals surface area contributed by atoms with E-state index in [1.165, 1.54) is 0 Å². The molecule has 0 aliphatic carbocycles. The normalized spacial score (nSPS) is 14.2. The summed E-state index contributed by atoms with van der Waals surface area (Å²) in [5.41, 5.74) is 1.05. The number of hydrogen-bond donors (Lipinski definition) is 1. The molecule has 0 fully saturated rings. The van der Waals surface area contributed by atoms with Crippen molar-refractivity contribution in [3.8, 4) is 0 Å². The van der Waals surface area contributed by atoms with Gasteiger partial charge in [-0.15, -0.1) is 11.3 Å². The van der Waals surface area contributed by atoms with Crippen LogP contribution in [0.4, 0.5) is 0 Å². The average molecular weight is 302 g/mol. The molecule has 0 saturated heterocycles. The highest BCUT2D eigenvalue weighted by atomic mass is 32.1. The summed E-state index contributed by atoms with van der Waals surface area (Å²) in [6, 6.07) is 3.88. The van der Waals surface area contributed by atoms with Gasteiger partial charge in [0.25, 0.3) is 0 Å². The summed E-state index contributed by atoms with van der Waals surface area (Å²) < 4.78 is 7.58. The van der Waals surface area contributed by atoms with Crippen LogP contribution in [-0.4, -0.2) is 14.5 Å². The van der Waals surface area contributed by atoms with Crippen LogP contribution in [0.5, 0.6) is 0 Å². The van der Waals surface area contributed by atoms with Gasteiger partial charge in [0.2, 0.25) is 0 Å². The molecule has 0 saturated carbocycles. The maximum atomic E-state index is 5.58. The van der Waals surface area contributed by atoms with Gasteiger partial charge in [0.1, 0.15) is 22.6 Å². The Kier molecular flexibility index (Phi) is 3.90. The van der Waals surface area contributed by atoms with Crippen LogP contribution in [0.15, 0.2) is 40.6 Å². The van der Waals surface area contributed by atoms with Crippen molar-refractivity contribution in [3.63, 3.8) is 0 Å². The smallest absolute Gasteiger partial charge is 0.133 e. The Balaban J connectivity index is 1.88. The monoisotopic (exact) mass is 302 g/mol. The van der Waals surface area contributed by atoms with E-state index in [1.807, 2.05) is 36.9 Å². The lowest BCUT2D eigenvalue weighted by molar-refractivity contribution is 0.402. The van der Waals surface area contributed by atoms with Crippen LogP contribution in [-0.2, 0) is 7.05 Å². The summed E-state index contributed by atoms with van der Waals surface area (Å²) in [5, 5.41) is 6.70. The zero-order valence-corrected chi connectivity index (χ0v) is 13.1. The minimum absolute atomic E-state index is 0.0980. The molecule has 0 bridgehead atoms. The zero-order valence-electron chi connectivity index (χ0n) is 12.3. The molecule has 0 radical (unpaired) electrons. The summed E-state index contributed by atoms with van der Waals surface area (Å²) in [6.07, 6.45) is 5.42. The molecule has 5 nitrogen and oxygen atoms in total. The molecule has 3 aromatic rings. The van der Waals surface area contributed by atoms with Crippen LogP contribution in [0.1, 0.15) is 41.3 Å². The Bertz CT molecular complexity index is 701. The number of thiazole rings is 1. The Morgan fingerprint density at radius 1 is 1.43 bits per heavy atom. The van der Waals surface area contributed by atoms with E-state index in [1.54, 1.807) is 23.8 Å². The number of nitrogens with zero attached hydrogens (tertiary/aromatic N) is 3. The van der Waals surface area contributed by atoms with Crippen molar-refractivity contribution in [2.24, 2.45) is 7.05 Å². The molecule has 0 aromatic carbocycles. The number of rotatable bonds is 5. The molecule has 3 rings (SSSR count). The van der Waals surface area contributed by atoms with Crippen molar-refractivity contribution in [1.29, 1.82) is 0 Å². The summed E-state index contributed by atoms with van der Waals surface area (Å²) >= 11 is 1.67. The van der Waals surface area contributed by atoms with Gasteiger partial charge in [0.05, 0.1) is 12.3 Å². The van der Waals surface area contributed by atoms with Crippen molar-refractivity contribution in [1.82, 2.24) is 19.9 Å². The molecule has 0 aliphatic heterocycles. The van der Waals surface area contributed by atoms with Crippen molar-refractivity contribution < 1.29 is 4.42 Å². The van der Waals surface area contributed by atoms with E-state index in [9.17, 15) is 0 Å². The van der Waals surface area contributed by atoms with E-state index in [2.05, 4.69) is 27.6 Å². The first-order chi connectivity index (χ1) is 10.1. The predicted octanol–water partition coefficient (Wildman–Crippen LogP) is 3.22. The Morgan fingerprint density at radius 3 is 2.86 bits per heavy atom. The number of nitrogens with one attached hydrogen (secondary N) is 1. The van der Waals surface area contributed by atoms with Crippen LogP contribution >= 0.6 is 11.3 Å². The molecule has 2 unspecified atom stereocenters. The van der Waals surface area contributed by atoms with Crippen molar-refractivity contribution in [3.05, 3.63) is 58.5 Å². The third kappa shape index (κ3) is 2.91. The first-order valence-electron chi connectivity index (χ1n) is 6.84. The molecule has 0 amide bonds. The van der Waals surface area contributed by atoms with E-state index < -0.39 is 0 Å². The number of imidazole rings is 1. The van der Waals surface area contributed by atoms with Crippen LogP contribution in [0.3, 0.4) is 0 Å². The first-order valence-corrected chi connectivity index (χ1v) is 7.72. The van der Waals surface area contributed by atoms with Gasteiger partial charge in [-0.2, -0.15) is 0 Å². The minimum atomic E-state index is -0.0980. The minimum Gasteiger partial charge on any atom is -0.467 e. The van der Waals surface area contributed by atoms with Crippen molar-refractivity contribution in [2.45, 2.75) is 25.9 Å². The number of aryl methyl sites for hydroxylation is 2. The van der Waals surface area contributed by atoms with E-state index in [0.29, 0.717) is 0 Å². The third-order valence-electron chi connectivity index (χ3n) is 3.37. The number of hydrogen-bond acceptors (Lipinski definition) is 5. The molecule has 3 heterocycles. The highest BCUT2D eigenvalue weighted by Gasteiger charge is 2.24. The largest absolute Gasteiger partial charge is 0.467 e. The Hall–Kier alpha value is -1.92. The summed E-state index contributed by atoms with van der Waals surface area (Å²) in [5.74, 6) is 1.77. The molecular formula is C15H18N4OS. The van der Waals surface area contributed by atoms with Crippen LogP contribution < -0.4 is 5.32 Å². The fourth-order valence-corrected chi connectivity index (χ4v) is 3.10. The van der Waals surface area contributed by atoms with Gasteiger partial charge < -0.3 is 8.98 Å². The summed E-state index contributed by atoms with van der Waals surface area (Å²) in [7, 11) is 1.98. The lowest BCUT2D eigenvalue weighted by Crippen LogP contribution is -2.27. The third-order valence-corrected chi connectivity index (χ3v) is 4.51. The quantitative estimate of drug-likeness (QED) is 0.786. The second-order valence-electron chi connectivity index (χ2n) is 5.06. The highest BCUT2D eigenvalue weighted by Crippen LogP contribution is 2.26. The van der Waals surface area contributed by atoms with E-state index in [0.717, 1.165) is 22.3 Å². The van der Waals surface area contributed by atoms with E-state index >= 15 is 0 Å². The number of furan rings is 1. The molecule has 6 heteroatoms. The van der Waals surface area contributed by atoms with Gasteiger partial charge >= 0.3 is 0 Å². The van der Waals surface area contributed by atoms with Gasteiger partial charge in [-0.3, -0.25) is 5.32 Å². The van der Waals surface area contributed by atoms with Crippen LogP contribution in [0, 0.1) is 6.92 Å². The number of aromatic nitrogens is 3. The molecule has 110 valence electrons. The second kappa shape index (κ2) is 5.83. The average Bonchev–Trinajstić information content (AvgIpc) is 3.17. The van der Waals surface area contributed by atoms with Gasteiger partial charge in [-0.1, -0.05) is 0 Å².